The third-order valence-corrected chi connectivity index (χ3v) is 4.54. The van der Waals surface area contributed by atoms with Crippen LogP contribution in [0, 0.1) is 5.92 Å². The molecule has 0 bridgehead atoms. The Morgan fingerprint density at radius 1 is 1.16 bits per heavy atom. The summed E-state index contributed by atoms with van der Waals surface area (Å²) >= 11 is 0. The summed E-state index contributed by atoms with van der Waals surface area (Å²) in [5, 5.41) is 6.69. The molecule has 148 valence electrons. The van der Waals surface area contributed by atoms with Crippen LogP contribution in [-0.4, -0.2) is 64.7 Å². The molecular weight excluding hydrogens is 433 g/mol. The summed E-state index contributed by atoms with van der Waals surface area (Å²) in [6.45, 7) is 9.04. The summed E-state index contributed by atoms with van der Waals surface area (Å²) < 4.78 is 16.8. The first-order chi connectivity index (χ1) is 11.9. The van der Waals surface area contributed by atoms with Crippen LogP contribution < -0.4 is 10.6 Å². The lowest BCUT2D eigenvalue weighted by atomic mass is 10.0. The monoisotopic (exact) mass is 469 g/mol. The Morgan fingerprint density at radius 3 is 2.72 bits per heavy atom. The van der Waals surface area contributed by atoms with Crippen LogP contribution in [0.1, 0.15) is 45.4 Å². The Labute approximate surface area is 169 Å². The van der Waals surface area contributed by atoms with Crippen LogP contribution in [0.5, 0.6) is 0 Å². The van der Waals surface area contributed by atoms with E-state index in [9.17, 15) is 0 Å². The summed E-state index contributed by atoms with van der Waals surface area (Å²) in [6.07, 6.45) is 7.12. The fourth-order valence-electron chi connectivity index (χ4n) is 3.09. The number of guanidine groups is 1. The minimum Gasteiger partial charge on any atom is -0.381 e. The van der Waals surface area contributed by atoms with Crippen LogP contribution >= 0.6 is 24.0 Å². The Bertz CT molecular complexity index is 346. The highest BCUT2D eigenvalue weighted by Crippen LogP contribution is 2.15. The van der Waals surface area contributed by atoms with Gasteiger partial charge in [-0.05, 0) is 51.4 Å². The molecule has 7 heteroatoms. The van der Waals surface area contributed by atoms with Gasteiger partial charge in [0.25, 0.3) is 0 Å². The summed E-state index contributed by atoms with van der Waals surface area (Å²) in [7, 11) is 0. The second-order valence-electron chi connectivity index (χ2n) is 6.60. The Balaban J connectivity index is 0.00000312. The number of nitrogens with one attached hydrogen (secondary N) is 2. The summed E-state index contributed by atoms with van der Waals surface area (Å²) in [6, 6.07) is 0. The summed E-state index contributed by atoms with van der Waals surface area (Å²) in [5.74, 6) is 1.58. The third kappa shape index (κ3) is 10.6. The van der Waals surface area contributed by atoms with Crippen molar-refractivity contribution in [2.24, 2.45) is 10.9 Å². The SMILES string of the molecule is CCNC(=NCCCOCC1CCOCC1)NCCC1CCCO1.I. The molecule has 2 N–H and O–H groups in total. The standard InChI is InChI=1S/C18H35N3O3.HI/c1-2-19-18(21-10-6-17-5-3-12-24-17)20-9-4-11-23-15-16-7-13-22-14-8-16;/h16-17H,2-15H2,1H3,(H2,19,20,21);1H. The smallest absolute Gasteiger partial charge is 0.191 e. The van der Waals surface area contributed by atoms with Crippen LogP contribution in [0.2, 0.25) is 0 Å². The van der Waals surface area contributed by atoms with Gasteiger partial charge in [-0.2, -0.15) is 0 Å². The molecule has 0 spiro atoms. The second kappa shape index (κ2) is 15.0. The molecule has 0 aromatic rings. The largest absolute Gasteiger partial charge is 0.381 e. The predicted octanol–water partition coefficient (Wildman–Crippen LogP) is 2.56. The van der Waals surface area contributed by atoms with Crippen LogP contribution in [0.15, 0.2) is 4.99 Å². The molecule has 2 aliphatic rings. The number of halogens is 1. The fraction of sp³-hybridized carbons (Fsp3) is 0.944. The van der Waals surface area contributed by atoms with Gasteiger partial charge in [0, 0.05) is 52.7 Å². The van der Waals surface area contributed by atoms with E-state index in [1.54, 1.807) is 0 Å². The van der Waals surface area contributed by atoms with E-state index in [-0.39, 0.29) is 24.0 Å². The molecule has 2 rings (SSSR count). The van der Waals surface area contributed by atoms with Crippen molar-refractivity contribution < 1.29 is 14.2 Å². The van der Waals surface area contributed by atoms with E-state index in [1.165, 1.54) is 12.8 Å². The lowest BCUT2D eigenvalue weighted by Crippen LogP contribution is -2.38. The maximum atomic E-state index is 5.78. The van der Waals surface area contributed by atoms with Gasteiger partial charge in [0.1, 0.15) is 0 Å². The molecule has 2 heterocycles. The molecule has 1 unspecified atom stereocenters. The van der Waals surface area contributed by atoms with E-state index in [2.05, 4.69) is 22.5 Å². The van der Waals surface area contributed by atoms with E-state index < -0.39 is 0 Å². The lowest BCUT2D eigenvalue weighted by molar-refractivity contribution is 0.0205. The highest BCUT2D eigenvalue weighted by molar-refractivity contribution is 14.0. The van der Waals surface area contributed by atoms with Gasteiger partial charge in [0.2, 0.25) is 0 Å². The molecule has 2 aliphatic heterocycles. The first kappa shape index (κ1) is 22.9. The van der Waals surface area contributed by atoms with Crippen LogP contribution in [0.25, 0.3) is 0 Å². The number of hydrogen-bond acceptors (Lipinski definition) is 4. The molecular formula is C18H36IN3O3. The molecule has 0 amide bonds. The van der Waals surface area contributed by atoms with Crippen molar-refractivity contribution in [3.05, 3.63) is 0 Å². The van der Waals surface area contributed by atoms with E-state index in [1.807, 2.05) is 0 Å². The number of ether oxygens (including phenoxy) is 3. The first-order valence-corrected chi connectivity index (χ1v) is 9.67. The van der Waals surface area contributed by atoms with Gasteiger partial charge in [-0.25, -0.2) is 0 Å². The van der Waals surface area contributed by atoms with Crippen LogP contribution in [0.4, 0.5) is 0 Å². The van der Waals surface area contributed by atoms with Crippen molar-refractivity contribution in [3.8, 4) is 0 Å². The molecule has 25 heavy (non-hydrogen) atoms. The maximum absolute atomic E-state index is 5.78. The van der Waals surface area contributed by atoms with Gasteiger partial charge >= 0.3 is 0 Å². The molecule has 2 fully saturated rings. The van der Waals surface area contributed by atoms with Crippen molar-refractivity contribution in [1.82, 2.24) is 10.6 Å². The number of nitrogens with zero attached hydrogens (tertiary/aromatic N) is 1. The maximum Gasteiger partial charge on any atom is 0.191 e. The van der Waals surface area contributed by atoms with E-state index in [0.29, 0.717) is 12.0 Å². The zero-order chi connectivity index (χ0) is 16.9. The molecule has 0 aliphatic carbocycles. The molecule has 0 saturated carbocycles. The number of rotatable bonds is 10. The minimum absolute atomic E-state index is 0. The van der Waals surface area contributed by atoms with Crippen LogP contribution in [-0.2, 0) is 14.2 Å². The number of aliphatic imine (C=N–C) groups is 1. The number of hydrogen-bond donors (Lipinski definition) is 2. The zero-order valence-corrected chi connectivity index (χ0v) is 18.0. The quantitative estimate of drug-likeness (QED) is 0.223. The van der Waals surface area contributed by atoms with Gasteiger partial charge < -0.3 is 24.8 Å². The Kier molecular flexibility index (Phi) is 13.7. The third-order valence-electron chi connectivity index (χ3n) is 4.54. The highest BCUT2D eigenvalue weighted by atomic mass is 127. The average Bonchev–Trinajstić information content (AvgIpc) is 3.12. The fourth-order valence-corrected chi connectivity index (χ4v) is 3.09. The van der Waals surface area contributed by atoms with Crippen molar-refractivity contribution in [1.29, 1.82) is 0 Å². The molecule has 6 nitrogen and oxygen atoms in total. The van der Waals surface area contributed by atoms with Crippen molar-refractivity contribution >= 4 is 29.9 Å². The van der Waals surface area contributed by atoms with E-state index in [0.717, 1.165) is 84.3 Å². The normalized spacial score (nSPS) is 21.8. The lowest BCUT2D eigenvalue weighted by Gasteiger charge is -2.21. The Morgan fingerprint density at radius 2 is 2.00 bits per heavy atom. The topological polar surface area (TPSA) is 64.1 Å². The first-order valence-electron chi connectivity index (χ1n) is 9.67. The Hall–Kier alpha value is -0.120. The molecule has 0 aromatic heterocycles. The van der Waals surface area contributed by atoms with Gasteiger partial charge in [0.15, 0.2) is 5.96 Å². The molecule has 0 radical (unpaired) electrons. The van der Waals surface area contributed by atoms with E-state index >= 15 is 0 Å². The summed E-state index contributed by atoms with van der Waals surface area (Å²) in [5.41, 5.74) is 0. The van der Waals surface area contributed by atoms with Crippen molar-refractivity contribution in [2.45, 2.75) is 51.6 Å². The average molecular weight is 469 g/mol. The second-order valence-corrected chi connectivity index (χ2v) is 6.60. The van der Waals surface area contributed by atoms with Crippen LogP contribution in [0.3, 0.4) is 0 Å². The molecule has 2 saturated heterocycles. The van der Waals surface area contributed by atoms with Gasteiger partial charge in [-0.1, -0.05) is 0 Å². The molecule has 1 atom stereocenters. The van der Waals surface area contributed by atoms with E-state index in [4.69, 9.17) is 14.2 Å². The summed E-state index contributed by atoms with van der Waals surface area (Å²) in [4.78, 5) is 4.62. The van der Waals surface area contributed by atoms with Crippen molar-refractivity contribution in [2.75, 3.05) is 52.7 Å². The highest BCUT2D eigenvalue weighted by Gasteiger charge is 2.15. The van der Waals surface area contributed by atoms with Gasteiger partial charge in [-0.15, -0.1) is 24.0 Å². The van der Waals surface area contributed by atoms with Gasteiger partial charge in [-0.3, -0.25) is 4.99 Å². The van der Waals surface area contributed by atoms with Gasteiger partial charge in [0.05, 0.1) is 6.10 Å². The minimum atomic E-state index is 0. The predicted molar refractivity (Wildman–Crippen MR) is 112 cm³/mol. The molecule has 0 aromatic carbocycles. The zero-order valence-electron chi connectivity index (χ0n) is 15.6. The van der Waals surface area contributed by atoms with Crippen molar-refractivity contribution in [3.63, 3.8) is 0 Å².